The highest BCUT2D eigenvalue weighted by Gasteiger charge is 2.22. The molecule has 1 atom stereocenters. The molecular formula is C13H16N2O5S. The number of carbonyl (C=O) groups excluding carboxylic acids is 1. The van der Waals surface area contributed by atoms with E-state index in [4.69, 9.17) is 5.11 Å². The molecule has 0 bridgehead atoms. The van der Waals surface area contributed by atoms with Crippen LogP contribution in [0.4, 0.5) is 0 Å². The Morgan fingerprint density at radius 1 is 1.43 bits per heavy atom. The van der Waals surface area contributed by atoms with Gasteiger partial charge in [-0.1, -0.05) is 12.1 Å². The molecule has 0 saturated carbocycles. The molecule has 1 aromatic rings. The summed E-state index contributed by atoms with van der Waals surface area (Å²) in [6.07, 6.45) is 1.02. The van der Waals surface area contributed by atoms with Crippen LogP contribution >= 0.6 is 0 Å². The second kappa shape index (κ2) is 6.23. The molecule has 2 rings (SSSR count). The van der Waals surface area contributed by atoms with Crippen molar-refractivity contribution in [1.29, 1.82) is 0 Å². The van der Waals surface area contributed by atoms with Gasteiger partial charge < -0.3 is 10.4 Å². The zero-order valence-electron chi connectivity index (χ0n) is 11.2. The van der Waals surface area contributed by atoms with E-state index in [0.717, 1.165) is 0 Å². The Bertz CT molecular complexity index is 656. The smallest absolute Gasteiger partial charge is 0.335 e. The Morgan fingerprint density at radius 2 is 2.19 bits per heavy atom. The number of hydrogen-bond acceptors (Lipinski definition) is 4. The molecule has 21 heavy (non-hydrogen) atoms. The summed E-state index contributed by atoms with van der Waals surface area (Å²) in [5.74, 6) is -1.47. The van der Waals surface area contributed by atoms with Gasteiger partial charge in [0.05, 0.1) is 11.3 Å². The molecule has 1 aliphatic heterocycles. The normalized spacial score (nSPS) is 18.5. The summed E-state index contributed by atoms with van der Waals surface area (Å²) in [6.45, 7) is 0.146. The van der Waals surface area contributed by atoms with Crippen molar-refractivity contribution in [2.45, 2.75) is 24.6 Å². The van der Waals surface area contributed by atoms with Crippen molar-refractivity contribution >= 4 is 21.9 Å². The van der Waals surface area contributed by atoms with E-state index in [1.165, 1.54) is 18.2 Å². The number of carboxylic acids is 1. The second-order valence-electron chi connectivity index (χ2n) is 4.92. The molecule has 1 saturated heterocycles. The minimum Gasteiger partial charge on any atom is -0.478 e. The lowest BCUT2D eigenvalue weighted by Crippen LogP contribution is -2.38. The number of rotatable bonds is 6. The van der Waals surface area contributed by atoms with Crippen molar-refractivity contribution in [3.63, 3.8) is 0 Å². The molecule has 1 aromatic carbocycles. The molecule has 1 aliphatic rings. The monoisotopic (exact) mass is 312 g/mol. The minimum atomic E-state index is -3.58. The summed E-state index contributed by atoms with van der Waals surface area (Å²) in [5.41, 5.74) is 0.448. The van der Waals surface area contributed by atoms with Crippen LogP contribution in [0.25, 0.3) is 0 Å². The molecule has 1 fully saturated rings. The molecular weight excluding hydrogens is 296 g/mol. The Balaban J connectivity index is 1.95. The third-order valence-electron chi connectivity index (χ3n) is 3.17. The summed E-state index contributed by atoms with van der Waals surface area (Å²) >= 11 is 0. The summed E-state index contributed by atoms with van der Waals surface area (Å²) < 4.78 is 26.3. The van der Waals surface area contributed by atoms with Gasteiger partial charge >= 0.3 is 5.97 Å². The average molecular weight is 312 g/mol. The molecule has 1 heterocycles. The van der Waals surface area contributed by atoms with Gasteiger partial charge in [-0.15, -0.1) is 0 Å². The third kappa shape index (κ3) is 4.54. The molecule has 0 aliphatic carbocycles. The van der Waals surface area contributed by atoms with Crippen LogP contribution in [0.15, 0.2) is 24.3 Å². The minimum absolute atomic E-state index is 0.0470. The quantitative estimate of drug-likeness (QED) is 0.689. The number of amides is 1. The number of carboxylic acid groups (broad SMARTS) is 1. The van der Waals surface area contributed by atoms with Crippen LogP contribution in [0, 0.1) is 0 Å². The number of nitrogens with one attached hydrogen (secondary N) is 2. The van der Waals surface area contributed by atoms with Crippen LogP contribution in [0.2, 0.25) is 0 Å². The fourth-order valence-corrected chi connectivity index (χ4v) is 3.30. The van der Waals surface area contributed by atoms with E-state index in [-0.39, 0.29) is 29.8 Å². The number of aromatic carboxylic acids is 1. The predicted molar refractivity (Wildman–Crippen MR) is 75.2 cm³/mol. The van der Waals surface area contributed by atoms with E-state index < -0.39 is 16.0 Å². The van der Waals surface area contributed by atoms with Crippen molar-refractivity contribution in [2.75, 3.05) is 6.54 Å². The molecule has 0 radical (unpaired) electrons. The average Bonchev–Trinajstić information content (AvgIpc) is 2.82. The van der Waals surface area contributed by atoms with Crippen LogP contribution in [-0.2, 0) is 20.6 Å². The molecule has 3 N–H and O–H groups in total. The van der Waals surface area contributed by atoms with Gasteiger partial charge in [-0.05, 0) is 24.1 Å². The van der Waals surface area contributed by atoms with Gasteiger partial charge in [-0.25, -0.2) is 17.9 Å². The molecule has 1 unspecified atom stereocenters. The molecule has 1 amide bonds. The third-order valence-corrected chi connectivity index (χ3v) is 4.49. The highest BCUT2D eigenvalue weighted by atomic mass is 32.2. The van der Waals surface area contributed by atoms with Gasteiger partial charge in [0.1, 0.15) is 0 Å². The topological polar surface area (TPSA) is 113 Å². The standard InChI is InChI=1S/C13H16N2O5S/c16-12-5-4-11(15-12)7-14-21(19,20)8-9-2-1-3-10(6-9)13(17)18/h1-3,6,11,14H,4-5,7-8H2,(H,15,16)(H,17,18). The van der Waals surface area contributed by atoms with Crippen LogP contribution in [-0.4, -0.2) is 38.0 Å². The Kier molecular flexibility index (Phi) is 4.59. The number of sulfonamides is 1. The van der Waals surface area contributed by atoms with Gasteiger partial charge in [-0.3, -0.25) is 4.79 Å². The SMILES string of the molecule is O=C1CCC(CNS(=O)(=O)Cc2cccc(C(=O)O)c2)N1. The van der Waals surface area contributed by atoms with Crippen molar-refractivity contribution in [2.24, 2.45) is 0 Å². The molecule has 7 nitrogen and oxygen atoms in total. The molecule has 0 aromatic heterocycles. The van der Waals surface area contributed by atoms with Crippen molar-refractivity contribution in [3.05, 3.63) is 35.4 Å². The van der Waals surface area contributed by atoms with Gasteiger partial charge in [0.2, 0.25) is 15.9 Å². The summed E-state index contributed by atoms with van der Waals surface area (Å²) in [5, 5.41) is 11.5. The van der Waals surface area contributed by atoms with Crippen molar-refractivity contribution < 1.29 is 23.1 Å². The number of carbonyl (C=O) groups is 2. The first-order chi connectivity index (χ1) is 9.85. The van der Waals surface area contributed by atoms with Crippen LogP contribution in [0.3, 0.4) is 0 Å². The Morgan fingerprint density at radius 3 is 2.81 bits per heavy atom. The number of hydrogen-bond donors (Lipinski definition) is 3. The predicted octanol–water partition coefficient (Wildman–Crippen LogP) is 0.0828. The lowest BCUT2D eigenvalue weighted by Gasteiger charge is -2.12. The van der Waals surface area contributed by atoms with Gasteiger partial charge in [0.15, 0.2) is 0 Å². The largest absolute Gasteiger partial charge is 0.478 e. The maximum absolute atomic E-state index is 11.9. The van der Waals surface area contributed by atoms with Gasteiger partial charge in [0, 0.05) is 19.0 Å². The lowest BCUT2D eigenvalue weighted by molar-refractivity contribution is -0.119. The summed E-state index contributed by atoms with van der Waals surface area (Å²) in [6, 6.07) is 5.62. The zero-order chi connectivity index (χ0) is 15.5. The second-order valence-corrected chi connectivity index (χ2v) is 6.72. The molecule has 0 spiro atoms. The fraction of sp³-hybridized carbons (Fsp3) is 0.385. The summed E-state index contributed by atoms with van der Waals surface area (Å²) in [4.78, 5) is 21.9. The van der Waals surface area contributed by atoms with Crippen LogP contribution in [0.5, 0.6) is 0 Å². The highest BCUT2D eigenvalue weighted by Crippen LogP contribution is 2.10. The Labute approximate surface area is 122 Å². The van der Waals surface area contributed by atoms with E-state index in [2.05, 4.69) is 10.0 Å². The zero-order valence-corrected chi connectivity index (χ0v) is 12.0. The molecule has 8 heteroatoms. The van der Waals surface area contributed by atoms with Gasteiger partial charge in [0.25, 0.3) is 0 Å². The molecule has 114 valence electrons. The first-order valence-electron chi connectivity index (χ1n) is 6.45. The van der Waals surface area contributed by atoms with E-state index in [0.29, 0.717) is 18.4 Å². The highest BCUT2D eigenvalue weighted by molar-refractivity contribution is 7.88. The van der Waals surface area contributed by atoms with E-state index in [9.17, 15) is 18.0 Å². The van der Waals surface area contributed by atoms with E-state index in [1.54, 1.807) is 6.07 Å². The van der Waals surface area contributed by atoms with Crippen molar-refractivity contribution in [3.8, 4) is 0 Å². The maximum atomic E-state index is 11.9. The maximum Gasteiger partial charge on any atom is 0.335 e. The van der Waals surface area contributed by atoms with E-state index in [1.807, 2.05) is 0 Å². The van der Waals surface area contributed by atoms with Crippen LogP contribution < -0.4 is 10.0 Å². The van der Waals surface area contributed by atoms with Crippen LogP contribution in [0.1, 0.15) is 28.8 Å². The fourth-order valence-electron chi connectivity index (χ4n) is 2.12. The van der Waals surface area contributed by atoms with Crippen molar-refractivity contribution in [1.82, 2.24) is 10.0 Å². The lowest BCUT2D eigenvalue weighted by atomic mass is 10.1. The first kappa shape index (κ1) is 15.5. The number of benzene rings is 1. The first-order valence-corrected chi connectivity index (χ1v) is 8.10. The van der Waals surface area contributed by atoms with E-state index >= 15 is 0 Å². The summed E-state index contributed by atoms with van der Waals surface area (Å²) in [7, 11) is -3.58. The Hall–Kier alpha value is -1.93. The van der Waals surface area contributed by atoms with Gasteiger partial charge in [-0.2, -0.15) is 0 Å².